The molecule has 1 amide bonds. The van der Waals surface area contributed by atoms with Crippen LogP contribution in [-0.4, -0.2) is 18.1 Å². The van der Waals surface area contributed by atoms with Gasteiger partial charge in [0.1, 0.15) is 5.82 Å². The highest BCUT2D eigenvalue weighted by atomic mass is 19.4. The summed E-state index contributed by atoms with van der Waals surface area (Å²) in [6, 6.07) is 2.51. The molecule has 1 aromatic carbocycles. The zero-order valence-corrected chi connectivity index (χ0v) is 10.3. The molecule has 0 radical (unpaired) electrons. The molecule has 0 heterocycles. The topological polar surface area (TPSA) is 29.1 Å². The lowest BCUT2D eigenvalue weighted by Crippen LogP contribution is -2.45. The van der Waals surface area contributed by atoms with E-state index < -0.39 is 18.1 Å². The summed E-state index contributed by atoms with van der Waals surface area (Å²) >= 11 is 0. The molecule has 0 spiro atoms. The van der Waals surface area contributed by atoms with Crippen LogP contribution in [0.5, 0.6) is 0 Å². The Bertz CT molecular complexity index is 510. The highest BCUT2D eigenvalue weighted by Gasteiger charge is 2.40. The van der Waals surface area contributed by atoms with Gasteiger partial charge in [-0.1, -0.05) is 6.07 Å². The minimum Gasteiger partial charge on any atom is -0.345 e. The number of halogens is 4. The number of rotatable bonds is 1. The monoisotopic (exact) mass is 275 g/mol. The second-order valence-electron chi connectivity index (χ2n) is 4.78. The summed E-state index contributed by atoms with van der Waals surface area (Å²) in [5.74, 6) is -2.23. The molecular weight excluding hydrogens is 262 g/mol. The summed E-state index contributed by atoms with van der Waals surface area (Å²) in [5, 5.41) is 1.98. The highest BCUT2D eigenvalue weighted by molar-refractivity contribution is 5.82. The fourth-order valence-electron chi connectivity index (χ4n) is 2.29. The van der Waals surface area contributed by atoms with Crippen LogP contribution in [0.2, 0.25) is 0 Å². The van der Waals surface area contributed by atoms with Crippen molar-refractivity contribution < 1.29 is 22.4 Å². The third-order valence-electron chi connectivity index (χ3n) is 3.30. The van der Waals surface area contributed by atoms with E-state index in [0.717, 1.165) is 11.1 Å². The molecule has 0 aliphatic heterocycles. The standard InChI is InChI=1S/C13H13F4NO/c1-7-4-9-5-10(18-12(19)13(15,16)17)3-2-8(9)6-11(7)14/h4,6,10H,2-3,5H2,1H3,(H,18,19)/t10-/m1/s1. The Hall–Kier alpha value is -1.59. The van der Waals surface area contributed by atoms with Crippen LogP contribution in [0, 0.1) is 12.7 Å². The number of amides is 1. The summed E-state index contributed by atoms with van der Waals surface area (Å²) in [6.07, 6.45) is -3.70. The van der Waals surface area contributed by atoms with Crippen molar-refractivity contribution in [2.45, 2.75) is 38.4 Å². The number of hydrogen-bond donors (Lipinski definition) is 1. The van der Waals surface area contributed by atoms with Crippen molar-refractivity contribution >= 4 is 5.91 Å². The van der Waals surface area contributed by atoms with E-state index in [4.69, 9.17) is 0 Å². The van der Waals surface area contributed by atoms with Gasteiger partial charge in [0.05, 0.1) is 0 Å². The van der Waals surface area contributed by atoms with E-state index in [2.05, 4.69) is 0 Å². The predicted molar refractivity (Wildman–Crippen MR) is 61.1 cm³/mol. The molecule has 0 fully saturated rings. The molecule has 0 unspecified atom stereocenters. The lowest BCUT2D eigenvalue weighted by molar-refractivity contribution is -0.174. The van der Waals surface area contributed by atoms with Crippen molar-refractivity contribution in [3.8, 4) is 0 Å². The number of hydrogen-bond acceptors (Lipinski definition) is 1. The molecule has 6 heteroatoms. The molecule has 1 aromatic rings. The Balaban J connectivity index is 2.10. The molecule has 1 aliphatic carbocycles. The number of fused-ring (bicyclic) bond motifs is 1. The number of carbonyl (C=O) groups excluding carboxylic acids is 1. The predicted octanol–water partition coefficient (Wildman–Crippen LogP) is 2.67. The maximum absolute atomic E-state index is 13.4. The Morgan fingerprint density at radius 3 is 2.63 bits per heavy atom. The normalized spacial score (nSPS) is 18.9. The third kappa shape index (κ3) is 3.05. The SMILES string of the molecule is Cc1cc2c(cc1F)CC[C@@H](NC(=O)C(F)(F)F)C2. The van der Waals surface area contributed by atoms with Crippen LogP contribution in [0.25, 0.3) is 0 Å². The van der Waals surface area contributed by atoms with Crippen molar-refractivity contribution in [1.29, 1.82) is 0 Å². The van der Waals surface area contributed by atoms with Crippen LogP contribution in [0.15, 0.2) is 12.1 Å². The van der Waals surface area contributed by atoms with Gasteiger partial charge in [-0.05, 0) is 48.9 Å². The zero-order valence-electron chi connectivity index (χ0n) is 10.3. The Labute approximate surface area is 107 Å². The maximum atomic E-state index is 13.4. The molecule has 1 aliphatic rings. The molecule has 19 heavy (non-hydrogen) atoms. The number of aryl methyl sites for hydroxylation is 2. The van der Waals surface area contributed by atoms with E-state index >= 15 is 0 Å². The molecule has 2 rings (SSSR count). The highest BCUT2D eigenvalue weighted by Crippen LogP contribution is 2.25. The first-order chi connectivity index (χ1) is 8.77. The molecule has 0 saturated heterocycles. The smallest absolute Gasteiger partial charge is 0.345 e. The van der Waals surface area contributed by atoms with Crippen LogP contribution in [0.4, 0.5) is 17.6 Å². The van der Waals surface area contributed by atoms with E-state index in [-0.39, 0.29) is 5.82 Å². The van der Waals surface area contributed by atoms with Crippen LogP contribution in [-0.2, 0) is 17.6 Å². The first-order valence-electron chi connectivity index (χ1n) is 5.93. The molecule has 1 atom stereocenters. The lowest BCUT2D eigenvalue weighted by Gasteiger charge is -2.26. The number of alkyl halides is 3. The van der Waals surface area contributed by atoms with Crippen LogP contribution in [0.1, 0.15) is 23.1 Å². The number of nitrogens with one attached hydrogen (secondary N) is 1. The van der Waals surface area contributed by atoms with Gasteiger partial charge in [0.15, 0.2) is 0 Å². The molecule has 2 nitrogen and oxygen atoms in total. The fraction of sp³-hybridized carbons (Fsp3) is 0.462. The number of carbonyl (C=O) groups is 1. The average Bonchev–Trinajstić information content (AvgIpc) is 2.29. The van der Waals surface area contributed by atoms with E-state index in [1.807, 2.05) is 5.32 Å². The first-order valence-corrected chi connectivity index (χ1v) is 5.93. The van der Waals surface area contributed by atoms with Gasteiger partial charge < -0.3 is 5.32 Å². The van der Waals surface area contributed by atoms with E-state index in [0.29, 0.717) is 24.8 Å². The molecule has 0 saturated carbocycles. The van der Waals surface area contributed by atoms with Gasteiger partial charge in [-0.25, -0.2) is 4.39 Å². The van der Waals surface area contributed by atoms with Crippen molar-refractivity contribution in [2.24, 2.45) is 0 Å². The van der Waals surface area contributed by atoms with Gasteiger partial charge in [0.2, 0.25) is 0 Å². The minimum absolute atomic E-state index is 0.304. The maximum Gasteiger partial charge on any atom is 0.471 e. The largest absolute Gasteiger partial charge is 0.471 e. The van der Waals surface area contributed by atoms with Crippen molar-refractivity contribution in [3.63, 3.8) is 0 Å². The molecule has 1 N–H and O–H groups in total. The fourth-order valence-corrected chi connectivity index (χ4v) is 2.29. The zero-order chi connectivity index (χ0) is 14.2. The van der Waals surface area contributed by atoms with Gasteiger partial charge in [-0.3, -0.25) is 4.79 Å². The summed E-state index contributed by atoms with van der Waals surface area (Å²) in [5.41, 5.74) is 2.07. The first kappa shape index (κ1) is 13.8. The van der Waals surface area contributed by atoms with Gasteiger partial charge >= 0.3 is 12.1 Å². The molecule has 104 valence electrons. The summed E-state index contributed by atoms with van der Waals surface area (Å²) in [6.45, 7) is 1.60. The lowest BCUT2D eigenvalue weighted by atomic mass is 9.87. The van der Waals surface area contributed by atoms with Crippen LogP contribution >= 0.6 is 0 Å². The van der Waals surface area contributed by atoms with Gasteiger partial charge in [-0.15, -0.1) is 0 Å². The van der Waals surface area contributed by atoms with Gasteiger partial charge in [0, 0.05) is 6.04 Å². The van der Waals surface area contributed by atoms with Gasteiger partial charge in [0.25, 0.3) is 0 Å². The van der Waals surface area contributed by atoms with Crippen molar-refractivity contribution in [1.82, 2.24) is 5.32 Å². The number of benzene rings is 1. The quantitative estimate of drug-likeness (QED) is 0.784. The van der Waals surface area contributed by atoms with Crippen LogP contribution < -0.4 is 5.32 Å². The molecular formula is C13H13F4NO. The molecule has 0 aromatic heterocycles. The Kier molecular flexibility index (Phi) is 3.52. The summed E-state index contributed by atoms with van der Waals surface area (Å²) in [7, 11) is 0. The molecule has 0 bridgehead atoms. The van der Waals surface area contributed by atoms with E-state index in [9.17, 15) is 22.4 Å². The van der Waals surface area contributed by atoms with Crippen LogP contribution in [0.3, 0.4) is 0 Å². The summed E-state index contributed by atoms with van der Waals surface area (Å²) < 4.78 is 49.8. The summed E-state index contributed by atoms with van der Waals surface area (Å²) in [4.78, 5) is 10.9. The second kappa shape index (κ2) is 4.83. The Morgan fingerprint density at radius 1 is 1.32 bits per heavy atom. The second-order valence-corrected chi connectivity index (χ2v) is 4.78. The Morgan fingerprint density at radius 2 is 2.00 bits per heavy atom. The van der Waals surface area contributed by atoms with Crippen molar-refractivity contribution in [3.05, 3.63) is 34.6 Å². The van der Waals surface area contributed by atoms with E-state index in [1.54, 1.807) is 13.0 Å². The minimum atomic E-state index is -4.86. The third-order valence-corrected chi connectivity index (χ3v) is 3.30. The van der Waals surface area contributed by atoms with E-state index in [1.165, 1.54) is 6.07 Å². The van der Waals surface area contributed by atoms with Crippen molar-refractivity contribution in [2.75, 3.05) is 0 Å². The van der Waals surface area contributed by atoms with Gasteiger partial charge in [-0.2, -0.15) is 13.2 Å². The average molecular weight is 275 g/mol.